The van der Waals surface area contributed by atoms with Crippen LogP contribution in [-0.2, 0) is 24.1 Å². The Labute approximate surface area is 162 Å². The number of nitrogens with zero attached hydrogens (tertiary/aromatic N) is 1. The monoisotopic (exact) mass is 373 g/mol. The number of imidazole rings is 1. The Morgan fingerprint density at radius 3 is 2.36 bits per heavy atom. The van der Waals surface area contributed by atoms with E-state index < -0.39 is 0 Å². The van der Waals surface area contributed by atoms with Gasteiger partial charge in [0, 0.05) is 12.1 Å². The number of nitrogens with one attached hydrogen (secondary N) is 2. The lowest BCUT2D eigenvalue weighted by atomic mass is 10.1. The van der Waals surface area contributed by atoms with Crippen LogP contribution in [0.5, 0.6) is 0 Å². The maximum atomic E-state index is 12.9. The van der Waals surface area contributed by atoms with Crippen molar-refractivity contribution in [2.24, 2.45) is 0 Å². The van der Waals surface area contributed by atoms with Crippen LogP contribution >= 0.6 is 0 Å². The summed E-state index contributed by atoms with van der Waals surface area (Å²) in [6, 6.07) is 21.8. The van der Waals surface area contributed by atoms with Gasteiger partial charge in [-0.15, -0.1) is 0 Å². The molecule has 28 heavy (non-hydrogen) atoms. The van der Waals surface area contributed by atoms with Gasteiger partial charge in [-0.05, 0) is 53.9 Å². The van der Waals surface area contributed by atoms with Gasteiger partial charge in [0.1, 0.15) is 11.6 Å². The molecule has 0 unspecified atom stereocenters. The fourth-order valence-electron chi connectivity index (χ4n) is 3.13. The second kappa shape index (κ2) is 8.05. The zero-order valence-electron chi connectivity index (χ0n) is 15.3. The minimum atomic E-state index is -0.303. The number of aromatic nitrogens is 2. The zero-order valence-corrected chi connectivity index (χ0v) is 15.3. The van der Waals surface area contributed by atoms with Gasteiger partial charge in [-0.2, -0.15) is 0 Å². The maximum absolute atomic E-state index is 12.9. The predicted octanol–water partition coefficient (Wildman–Crippen LogP) is 4.67. The number of fused-ring (bicyclic) bond motifs is 1. The van der Waals surface area contributed by atoms with Crippen LogP contribution < -0.4 is 5.32 Å². The number of aromatic amines is 1. The van der Waals surface area contributed by atoms with E-state index in [0.29, 0.717) is 0 Å². The number of benzene rings is 3. The van der Waals surface area contributed by atoms with Gasteiger partial charge in [0.2, 0.25) is 5.91 Å². The smallest absolute Gasteiger partial charge is 0.228 e. The van der Waals surface area contributed by atoms with E-state index in [4.69, 9.17) is 0 Å². The van der Waals surface area contributed by atoms with Crippen LogP contribution in [0.4, 0.5) is 10.1 Å². The molecule has 1 heterocycles. The Morgan fingerprint density at radius 2 is 1.61 bits per heavy atom. The fraction of sp³-hybridized carbons (Fsp3) is 0.130. The molecule has 0 aliphatic heterocycles. The molecule has 4 rings (SSSR count). The summed E-state index contributed by atoms with van der Waals surface area (Å²) in [7, 11) is 0. The van der Waals surface area contributed by atoms with Gasteiger partial charge in [0.25, 0.3) is 0 Å². The molecule has 4 nitrogen and oxygen atoms in total. The first-order valence-electron chi connectivity index (χ1n) is 9.22. The highest BCUT2D eigenvalue weighted by Gasteiger charge is 2.06. The molecule has 1 aromatic heterocycles. The van der Waals surface area contributed by atoms with Crippen molar-refractivity contribution < 1.29 is 9.18 Å². The molecule has 5 heteroatoms. The minimum Gasteiger partial charge on any atom is -0.342 e. The molecule has 4 aromatic rings. The number of carbonyl (C=O) groups excluding carboxylic acids is 1. The van der Waals surface area contributed by atoms with E-state index in [2.05, 4.69) is 15.3 Å². The molecule has 0 saturated heterocycles. The van der Waals surface area contributed by atoms with E-state index in [1.165, 1.54) is 17.7 Å². The number of para-hydroxylation sites is 2. The van der Waals surface area contributed by atoms with Crippen LogP contribution in [0.1, 0.15) is 17.0 Å². The van der Waals surface area contributed by atoms with Crippen molar-refractivity contribution in [1.82, 2.24) is 9.97 Å². The SMILES string of the molecule is O=C(Cc1ccc(F)cc1)Nc1ccc(CCc2nc3ccccc3[nH]2)cc1. The van der Waals surface area contributed by atoms with Gasteiger partial charge in [-0.25, -0.2) is 9.37 Å². The van der Waals surface area contributed by atoms with E-state index in [0.717, 1.165) is 41.0 Å². The molecule has 0 spiro atoms. The number of rotatable bonds is 6. The van der Waals surface area contributed by atoms with Gasteiger partial charge in [0.15, 0.2) is 0 Å². The lowest BCUT2D eigenvalue weighted by Crippen LogP contribution is -2.14. The summed E-state index contributed by atoms with van der Waals surface area (Å²) in [6.45, 7) is 0. The molecule has 0 radical (unpaired) electrons. The summed E-state index contributed by atoms with van der Waals surface area (Å²) in [5.41, 5.74) is 4.74. The molecule has 0 atom stereocenters. The molecule has 2 N–H and O–H groups in total. The largest absolute Gasteiger partial charge is 0.342 e. The van der Waals surface area contributed by atoms with Crippen LogP contribution in [0.2, 0.25) is 0 Å². The number of hydrogen-bond donors (Lipinski definition) is 2. The van der Waals surface area contributed by atoms with E-state index in [1.807, 2.05) is 48.5 Å². The van der Waals surface area contributed by atoms with Gasteiger partial charge in [-0.1, -0.05) is 36.4 Å². The van der Waals surface area contributed by atoms with E-state index in [-0.39, 0.29) is 18.1 Å². The molecule has 0 bridgehead atoms. The summed E-state index contributed by atoms with van der Waals surface area (Å²) in [6.07, 6.45) is 1.91. The van der Waals surface area contributed by atoms with Gasteiger partial charge in [0.05, 0.1) is 17.5 Å². The highest BCUT2D eigenvalue weighted by atomic mass is 19.1. The normalized spacial score (nSPS) is 10.9. The quantitative estimate of drug-likeness (QED) is 0.516. The van der Waals surface area contributed by atoms with Crippen molar-refractivity contribution in [3.8, 4) is 0 Å². The topological polar surface area (TPSA) is 57.8 Å². The Hall–Kier alpha value is -3.47. The van der Waals surface area contributed by atoms with Crippen molar-refractivity contribution in [2.75, 3.05) is 5.32 Å². The first-order chi connectivity index (χ1) is 13.7. The molecule has 140 valence electrons. The van der Waals surface area contributed by atoms with Crippen LogP contribution in [0.15, 0.2) is 72.8 Å². The molecular formula is C23H20FN3O. The van der Waals surface area contributed by atoms with E-state index >= 15 is 0 Å². The summed E-state index contributed by atoms with van der Waals surface area (Å²) >= 11 is 0. The molecule has 3 aromatic carbocycles. The third kappa shape index (κ3) is 4.43. The third-order valence-electron chi connectivity index (χ3n) is 4.60. The van der Waals surface area contributed by atoms with Crippen LogP contribution in [0, 0.1) is 5.82 Å². The zero-order chi connectivity index (χ0) is 19.3. The molecule has 0 aliphatic rings. The first-order valence-corrected chi connectivity index (χ1v) is 9.22. The highest BCUT2D eigenvalue weighted by Crippen LogP contribution is 2.15. The molecular weight excluding hydrogens is 353 g/mol. The average Bonchev–Trinajstić information content (AvgIpc) is 3.12. The van der Waals surface area contributed by atoms with Crippen LogP contribution in [-0.4, -0.2) is 15.9 Å². The summed E-state index contributed by atoms with van der Waals surface area (Å²) in [5, 5.41) is 2.87. The van der Waals surface area contributed by atoms with Crippen molar-refractivity contribution in [2.45, 2.75) is 19.3 Å². The van der Waals surface area contributed by atoms with Crippen LogP contribution in [0.25, 0.3) is 11.0 Å². The molecule has 0 saturated carbocycles. The van der Waals surface area contributed by atoms with Gasteiger partial charge < -0.3 is 10.3 Å². The number of hydrogen-bond acceptors (Lipinski definition) is 2. The van der Waals surface area contributed by atoms with Crippen molar-refractivity contribution in [3.05, 3.63) is 95.6 Å². The first kappa shape index (κ1) is 17.9. The number of H-pyrrole nitrogens is 1. The lowest BCUT2D eigenvalue weighted by molar-refractivity contribution is -0.115. The number of halogens is 1. The minimum absolute atomic E-state index is 0.123. The lowest BCUT2D eigenvalue weighted by Gasteiger charge is -2.07. The average molecular weight is 373 g/mol. The molecule has 1 amide bonds. The van der Waals surface area contributed by atoms with E-state index in [1.54, 1.807) is 12.1 Å². The second-order valence-corrected chi connectivity index (χ2v) is 6.75. The van der Waals surface area contributed by atoms with Gasteiger partial charge >= 0.3 is 0 Å². The van der Waals surface area contributed by atoms with Crippen molar-refractivity contribution in [3.63, 3.8) is 0 Å². The Kier molecular flexibility index (Phi) is 5.15. The molecule has 0 aliphatic carbocycles. The predicted molar refractivity (Wildman–Crippen MR) is 109 cm³/mol. The number of carbonyl (C=O) groups is 1. The maximum Gasteiger partial charge on any atom is 0.228 e. The summed E-state index contributed by atoms with van der Waals surface area (Å²) in [4.78, 5) is 20.1. The molecule has 0 fully saturated rings. The van der Waals surface area contributed by atoms with Gasteiger partial charge in [-0.3, -0.25) is 4.79 Å². The summed E-state index contributed by atoms with van der Waals surface area (Å²) in [5.74, 6) is 0.543. The fourth-order valence-corrected chi connectivity index (χ4v) is 3.13. The summed E-state index contributed by atoms with van der Waals surface area (Å²) < 4.78 is 12.9. The Bertz CT molecular complexity index is 1050. The van der Waals surface area contributed by atoms with E-state index in [9.17, 15) is 9.18 Å². The second-order valence-electron chi connectivity index (χ2n) is 6.75. The highest BCUT2D eigenvalue weighted by molar-refractivity contribution is 5.92. The Balaban J connectivity index is 1.31. The third-order valence-corrected chi connectivity index (χ3v) is 4.60. The van der Waals surface area contributed by atoms with Crippen LogP contribution in [0.3, 0.4) is 0 Å². The number of amides is 1. The standard InChI is InChI=1S/C23H20FN3O/c24-18-10-5-17(6-11-18)15-23(28)25-19-12-7-16(8-13-19)9-14-22-26-20-3-1-2-4-21(20)27-22/h1-8,10-13H,9,14-15H2,(H,25,28)(H,26,27). The van der Waals surface area contributed by atoms with Crippen molar-refractivity contribution in [1.29, 1.82) is 0 Å². The Morgan fingerprint density at radius 1 is 0.893 bits per heavy atom. The van der Waals surface area contributed by atoms with Crippen molar-refractivity contribution >= 4 is 22.6 Å². The number of anilines is 1. The number of aryl methyl sites for hydroxylation is 2.